The second-order valence-electron chi connectivity index (χ2n) is 7.19. The van der Waals surface area contributed by atoms with Crippen molar-refractivity contribution in [2.24, 2.45) is 5.10 Å². The first-order valence-corrected chi connectivity index (χ1v) is 10.4. The lowest BCUT2D eigenvalue weighted by Gasteiger charge is -2.11. The maximum atomic E-state index is 12.7. The number of benzene rings is 3. The number of ether oxygens (including phenoxy) is 1. The molecule has 0 saturated carbocycles. The van der Waals surface area contributed by atoms with Crippen LogP contribution in [0.1, 0.15) is 21.5 Å². The summed E-state index contributed by atoms with van der Waals surface area (Å²) in [7, 11) is 0. The minimum atomic E-state index is -0.976. The third-order valence-electron chi connectivity index (χ3n) is 4.56. The van der Waals surface area contributed by atoms with Gasteiger partial charge in [-0.15, -0.1) is 0 Å². The van der Waals surface area contributed by atoms with Crippen molar-refractivity contribution < 1.29 is 19.1 Å². The minimum Gasteiger partial charge on any atom is -0.490 e. The van der Waals surface area contributed by atoms with Crippen LogP contribution in [0.15, 0.2) is 90.6 Å². The molecule has 3 N–H and O–H groups in total. The molecule has 0 saturated heterocycles. The molecule has 0 fully saturated rings. The number of carbonyl (C=O) groups excluding carboxylic acids is 3. The predicted molar refractivity (Wildman–Crippen MR) is 132 cm³/mol. The average Bonchev–Trinajstić information content (AvgIpc) is 2.85. The number of hydrazone groups is 1. The van der Waals surface area contributed by atoms with Gasteiger partial charge in [0.1, 0.15) is 12.4 Å². The summed E-state index contributed by atoms with van der Waals surface area (Å²) in [4.78, 5) is 37.1. The Balaban J connectivity index is 1.58. The highest BCUT2D eigenvalue weighted by atomic mass is 16.5. The summed E-state index contributed by atoms with van der Waals surface area (Å²) in [5.74, 6) is -1.68. The van der Waals surface area contributed by atoms with Crippen LogP contribution >= 0.6 is 0 Å². The molecule has 0 radical (unpaired) electrons. The SMILES string of the molecule is C=CCOc1ccc(C=NNC(=O)C(=O)Nc2ccccc2C(=O)Nc2ccc(C)cc2)cc1. The van der Waals surface area contributed by atoms with Crippen LogP contribution in [0.4, 0.5) is 11.4 Å². The van der Waals surface area contributed by atoms with Gasteiger partial charge in [0, 0.05) is 5.69 Å². The molecule has 8 heteroatoms. The third kappa shape index (κ3) is 6.89. The van der Waals surface area contributed by atoms with Gasteiger partial charge in [-0.3, -0.25) is 14.4 Å². The van der Waals surface area contributed by atoms with Gasteiger partial charge in [-0.1, -0.05) is 42.5 Å². The van der Waals surface area contributed by atoms with Crippen LogP contribution in [-0.4, -0.2) is 30.5 Å². The zero-order valence-electron chi connectivity index (χ0n) is 18.6. The maximum Gasteiger partial charge on any atom is 0.329 e. The summed E-state index contributed by atoms with van der Waals surface area (Å²) in [6.07, 6.45) is 3.04. The van der Waals surface area contributed by atoms with E-state index >= 15 is 0 Å². The van der Waals surface area contributed by atoms with E-state index in [-0.39, 0.29) is 11.3 Å². The van der Waals surface area contributed by atoms with Crippen LogP contribution < -0.4 is 20.8 Å². The van der Waals surface area contributed by atoms with Crippen molar-refractivity contribution in [1.82, 2.24) is 5.43 Å². The standard InChI is InChI=1S/C26H24N4O4/c1-3-16-34-21-14-10-19(11-15-21)17-27-30-26(33)25(32)29-23-7-5-4-6-22(23)24(31)28-20-12-8-18(2)9-13-20/h3-15,17H,1,16H2,2H3,(H,28,31)(H,29,32)(H,30,33). The molecule has 0 aliphatic carbocycles. The maximum absolute atomic E-state index is 12.7. The number of nitrogens with one attached hydrogen (secondary N) is 3. The quantitative estimate of drug-likeness (QED) is 0.207. The topological polar surface area (TPSA) is 109 Å². The Morgan fingerprint density at radius 1 is 0.912 bits per heavy atom. The highest BCUT2D eigenvalue weighted by Crippen LogP contribution is 2.18. The van der Waals surface area contributed by atoms with Crippen molar-refractivity contribution >= 4 is 35.3 Å². The molecule has 34 heavy (non-hydrogen) atoms. The highest BCUT2D eigenvalue weighted by molar-refractivity contribution is 6.40. The number of rotatable bonds is 8. The van der Waals surface area contributed by atoms with Gasteiger partial charge in [0.05, 0.1) is 17.5 Å². The molecular formula is C26H24N4O4. The lowest BCUT2D eigenvalue weighted by molar-refractivity contribution is -0.136. The summed E-state index contributed by atoms with van der Waals surface area (Å²) in [6.45, 7) is 5.93. The lowest BCUT2D eigenvalue weighted by Crippen LogP contribution is -2.33. The Bertz CT molecular complexity index is 1200. The number of hydrogen-bond donors (Lipinski definition) is 3. The zero-order chi connectivity index (χ0) is 24.3. The van der Waals surface area contributed by atoms with Crippen molar-refractivity contribution in [3.63, 3.8) is 0 Å². The van der Waals surface area contributed by atoms with E-state index in [1.165, 1.54) is 12.3 Å². The normalized spacial score (nSPS) is 10.4. The van der Waals surface area contributed by atoms with Crippen LogP contribution in [0.3, 0.4) is 0 Å². The molecule has 0 spiro atoms. The third-order valence-corrected chi connectivity index (χ3v) is 4.56. The van der Waals surface area contributed by atoms with E-state index < -0.39 is 17.7 Å². The molecule has 0 aromatic heterocycles. The first-order chi connectivity index (χ1) is 16.5. The minimum absolute atomic E-state index is 0.200. The van der Waals surface area contributed by atoms with Crippen LogP contribution in [0, 0.1) is 6.92 Å². The molecular weight excluding hydrogens is 432 g/mol. The van der Waals surface area contributed by atoms with E-state index in [1.807, 2.05) is 19.1 Å². The second-order valence-corrected chi connectivity index (χ2v) is 7.19. The van der Waals surface area contributed by atoms with Gasteiger partial charge < -0.3 is 15.4 Å². The van der Waals surface area contributed by atoms with E-state index in [4.69, 9.17) is 4.74 Å². The predicted octanol–water partition coefficient (Wildman–Crippen LogP) is 3.90. The molecule has 0 aliphatic rings. The number of amides is 3. The monoisotopic (exact) mass is 456 g/mol. The molecule has 0 atom stereocenters. The van der Waals surface area contributed by atoms with Gasteiger partial charge in [-0.25, -0.2) is 5.43 Å². The molecule has 3 amide bonds. The highest BCUT2D eigenvalue weighted by Gasteiger charge is 2.17. The Hall–Kier alpha value is -4.72. The van der Waals surface area contributed by atoms with E-state index in [0.717, 1.165) is 5.56 Å². The summed E-state index contributed by atoms with van der Waals surface area (Å²) < 4.78 is 5.39. The summed E-state index contributed by atoms with van der Waals surface area (Å²) >= 11 is 0. The molecule has 3 aromatic carbocycles. The number of hydrogen-bond acceptors (Lipinski definition) is 5. The fraction of sp³-hybridized carbons (Fsp3) is 0.0769. The molecule has 3 aromatic rings. The molecule has 0 unspecified atom stereocenters. The average molecular weight is 457 g/mol. The fourth-order valence-corrected chi connectivity index (χ4v) is 2.83. The van der Waals surface area contributed by atoms with Gasteiger partial charge in [-0.2, -0.15) is 5.10 Å². The van der Waals surface area contributed by atoms with E-state index in [2.05, 4.69) is 27.7 Å². The second kappa shape index (κ2) is 11.8. The number of anilines is 2. The number of aryl methyl sites for hydroxylation is 1. The molecule has 8 nitrogen and oxygen atoms in total. The molecule has 0 heterocycles. The molecule has 172 valence electrons. The summed E-state index contributed by atoms with van der Waals surface area (Å²) in [5, 5.41) is 9.01. The Morgan fingerprint density at radius 3 is 2.32 bits per heavy atom. The lowest BCUT2D eigenvalue weighted by atomic mass is 10.1. The van der Waals surface area contributed by atoms with E-state index in [1.54, 1.807) is 60.7 Å². The van der Waals surface area contributed by atoms with Crippen molar-refractivity contribution in [1.29, 1.82) is 0 Å². The largest absolute Gasteiger partial charge is 0.490 e. The van der Waals surface area contributed by atoms with Crippen molar-refractivity contribution in [2.45, 2.75) is 6.92 Å². The first-order valence-electron chi connectivity index (χ1n) is 10.4. The zero-order valence-corrected chi connectivity index (χ0v) is 18.6. The van der Waals surface area contributed by atoms with Crippen LogP contribution in [0.25, 0.3) is 0 Å². The first kappa shape index (κ1) is 23.9. The van der Waals surface area contributed by atoms with E-state index in [9.17, 15) is 14.4 Å². The van der Waals surface area contributed by atoms with Crippen LogP contribution in [0.5, 0.6) is 5.75 Å². The Labute approximate surface area is 197 Å². The number of carbonyl (C=O) groups is 3. The summed E-state index contributed by atoms with van der Waals surface area (Å²) in [6, 6.07) is 20.7. The number of nitrogens with zero attached hydrogens (tertiary/aromatic N) is 1. The Kier molecular flexibility index (Phi) is 8.29. The van der Waals surface area contributed by atoms with Crippen LogP contribution in [-0.2, 0) is 9.59 Å². The summed E-state index contributed by atoms with van der Waals surface area (Å²) in [5.41, 5.74) is 4.96. The van der Waals surface area contributed by atoms with Crippen molar-refractivity contribution in [2.75, 3.05) is 17.2 Å². The van der Waals surface area contributed by atoms with Gasteiger partial charge in [0.2, 0.25) is 0 Å². The molecule has 0 aliphatic heterocycles. The fourth-order valence-electron chi connectivity index (χ4n) is 2.83. The van der Waals surface area contributed by atoms with Crippen molar-refractivity contribution in [3.05, 3.63) is 102 Å². The molecule has 0 bridgehead atoms. The van der Waals surface area contributed by atoms with Crippen molar-refractivity contribution in [3.8, 4) is 5.75 Å². The van der Waals surface area contributed by atoms with Gasteiger partial charge in [-0.05, 0) is 61.0 Å². The molecule has 3 rings (SSSR count). The smallest absolute Gasteiger partial charge is 0.329 e. The van der Waals surface area contributed by atoms with Gasteiger partial charge in [0.25, 0.3) is 5.91 Å². The van der Waals surface area contributed by atoms with Gasteiger partial charge in [0.15, 0.2) is 0 Å². The number of para-hydroxylation sites is 1. The Morgan fingerprint density at radius 2 is 1.62 bits per heavy atom. The van der Waals surface area contributed by atoms with Crippen LogP contribution in [0.2, 0.25) is 0 Å². The van der Waals surface area contributed by atoms with Gasteiger partial charge >= 0.3 is 11.8 Å². The van der Waals surface area contributed by atoms with E-state index in [0.29, 0.717) is 23.6 Å².